The van der Waals surface area contributed by atoms with Crippen molar-refractivity contribution in [3.8, 4) is 0 Å². The van der Waals surface area contributed by atoms with Gasteiger partial charge in [-0.25, -0.2) is 0 Å². The highest BCUT2D eigenvalue weighted by Gasteiger charge is 2.32. The quantitative estimate of drug-likeness (QED) is 0.664. The molecule has 6 heteroatoms. The molecule has 0 aliphatic rings. The summed E-state index contributed by atoms with van der Waals surface area (Å²) in [5.74, 6) is 0. The topological polar surface area (TPSA) is 47.6 Å². The molecule has 0 bridgehead atoms. The zero-order valence-electron chi connectivity index (χ0n) is 6.22. The molecule has 0 spiro atoms. The van der Waals surface area contributed by atoms with Crippen molar-refractivity contribution in [1.82, 2.24) is 0 Å². The highest BCUT2D eigenvalue weighted by molar-refractivity contribution is 9.10. The van der Waals surface area contributed by atoms with Gasteiger partial charge in [0.15, 0.2) is 0 Å². The van der Waals surface area contributed by atoms with Crippen LogP contribution < -0.4 is 0 Å². The van der Waals surface area contributed by atoms with E-state index in [1.165, 1.54) is 12.1 Å². The normalized spacial score (nSPS) is 10.0. The molecule has 13 heavy (non-hydrogen) atoms. The van der Waals surface area contributed by atoms with E-state index in [-0.39, 0.29) is 4.47 Å². The number of halogens is 4. The van der Waals surface area contributed by atoms with Crippen molar-refractivity contribution in [2.75, 3.05) is 0 Å². The third kappa shape index (κ3) is 3.42. The van der Waals surface area contributed by atoms with Gasteiger partial charge in [0, 0.05) is 15.3 Å². The summed E-state index contributed by atoms with van der Waals surface area (Å²) in [6, 6.07) is 5.29. The summed E-state index contributed by atoms with van der Waals surface area (Å²) >= 11 is 2.81. The van der Waals surface area contributed by atoms with Gasteiger partial charge in [0.05, 0.1) is 5.56 Å². The number of hydrogen-bond donors (Lipinski definition) is 0. The molecule has 0 atom stereocenters. The molecule has 0 heterocycles. The lowest BCUT2D eigenvalue weighted by Crippen LogP contribution is -2.05. The van der Waals surface area contributed by atoms with Crippen LogP contribution in [0.5, 0.6) is 0 Å². The van der Waals surface area contributed by atoms with Crippen LogP contribution in [-0.4, -0.2) is 0 Å². The number of nitrogens with zero attached hydrogens (tertiary/aromatic N) is 2. The van der Waals surface area contributed by atoms with Gasteiger partial charge in [-0.2, -0.15) is 13.2 Å². The molecule has 70 valence electrons. The second-order valence-electron chi connectivity index (χ2n) is 1.98. The smallest absolute Gasteiger partial charge is 0.166 e. The molecular weight excluding hydrogens is 249 g/mol. The van der Waals surface area contributed by atoms with Crippen molar-refractivity contribution in [1.29, 1.82) is 10.8 Å². The minimum atomic E-state index is -4.26. The first kappa shape index (κ1) is 11.9. The number of hydrogen-bond acceptors (Lipinski definition) is 2. The molecule has 1 aromatic rings. The molecule has 0 saturated carbocycles. The summed E-state index contributed by atoms with van der Waals surface area (Å²) < 4.78 is 36.1. The maximum atomic E-state index is 12.0. The lowest BCUT2D eigenvalue weighted by molar-refractivity contribution is -0.138. The number of alkyl halides is 3. The van der Waals surface area contributed by atoms with Crippen LogP contribution in [0.15, 0.2) is 28.7 Å². The molecular formula is C7H4BrF3N2. The predicted molar refractivity (Wildman–Crippen MR) is 42.6 cm³/mol. The van der Waals surface area contributed by atoms with Gasteiger partial charge >= 0.3 is 6.18 Å². The monoisotopic (exact) mass is 252 g/mol. The Kier molecular flexibility index (Phi) is 4.42. The van der Waals surface area contributed by atoms with Gasteiger partial charge in [-0.15, -0.1) is 0 Å². The summed E-state index contributed by atoms with van der Waals surface area (Å²) in [5, 5.41) is 12.0. The molecule has 0 amide bonds. The SMILES string of the molecule is FC(F)(F)c1ccccc1Br.N#N. The van der Waals surface area contributed by atoms with Crippen LogP contribution in [0, 0.1) is 10.8 Å². The fourth-order valence-electron chi connectivity index (χ4n) is 0.691. The van der Waals surface area contributed by atoms with Gasteiger partial charge in [0.1, 0.15) is 0 Å². The Labute approximate surface area is 80.9 Å². The van der Waals surface area contributed by atoms with Crippen LogP contribution in [0.2, 0.25) is 0 Å². The summed E-state index contributed by atoms with van der Waals surface area (Å²) in [7, 11) is 0. The van der Waals surface area contributed by atoms with Gasteiger partial charge in [-0.3, -0.25) is 0 Å². The van der Waals surface area contributed by atoms with Crippen LogP contribution in [-0.2, 0) is 6.18 Å². The van der Waals surface area contributed by atoms with E-state index in [9.17, 15) is 13.2 Å². The lowest BCUT2D eigenvalue weighted by atomic mass is 10.2. The van der Waals surface area contributed by atoms with Gasteiger partial charge in [0.25, 0.3) is 0 Å². The minimum Gasteiger partial charge on any atom is -0.166 e. The summed E-state index contributed by atoms with van der Waals surface area (Å²) in [6.07, 6.45) is -4.26. The molecule has 0 radical (unpaired) electrons. The highest BCUT2D eigenvalue weighted by Crippen LogP contribution is 2.34. The van der Waals surface area contributed by atoms with E-state index in [0.29, 0.717) is 0 Å². The Bertz CT molecular complexity index is 295. The second-order valence-corrected chi connectivity index (χ2v) is 2.83. The largest absolute Gasteiger partial charge is 0.417 e. The van der Waals surface area contributed by atoms with E-state index in [0.717, 1.165) is 6.07 Å². The second kappa shape index (κ2) is 4.82. The Morgan fingerprint density at radius 3 is 1.85 bits per heavy atom. The Balaban J connectivity index is 0.000000671. The standard InChI is InChI=1S/C7H4BrF3.N2/c8-6-4-2-1-3-5(6)7(9,10)11;1-2/h1-4H;. The molecule has 0 fully saturated rings. The van der Waals surface area contributed by atoms with Crippen molar-refractivity contribution >= 4 is 15.9 Å². The van der Waals surface area contributed by atoms with Crippen molar-refractivity contribution in [2.45, 2.75) is 6.18 Å². The number of rotatable bonds is 0. The zero-order chi connectivity index (χ0) is 10.5. The first-order chi connectivity index (χ1) is 6.02. The molecule has 1 aromatic carbocycles. The van der Waals surface area contributed by atoms with E-state index in [1.807, 2.05) is 0 Å². The Hall–Kier alpha value is -1.09. The van der Waals surface area contributed by atoms with Crippen molar-refractivity contribution < 1.29 is 13.2 Å². The van der Waals surface area contributed by atoms with Crippen LogP contribution in [0.25, 0.3) is 0 Å². The Morgan fingerprint density at radius 1 is 1.08 bits per heavy atom. The lowest BCUT2D eigenvalue weighted by Gasteiger charge is -2.07. The van der Waals surface area contributed by atoms with Crippen LogP contribution in [0.4, 0.5) is 13.2 Å². The molecule has 1 rings (SSSR count). The number of benzene rings is 1. The molecule has 2 nitrogen and oxygen atoms in total. The predicted octanol–water partition coefficient (Wildman–Crippen LogP) is 3.50. The molecule has 0 unspecified atom stereocenters. The van der Waals surface area contributed by atoms with E-state index in [4.69, 9.17) is 10.8 Å². The molecule has 0 aliphatic heterocycles. The third-order valence-electron chi connectivity index (χ3n) is 1.18. The van der Waals surface area contributed by atoms with Crippen LogP contribution in [0.1, 0.15) is 5.56 Å². The third-order valence-corrected chi connectivity index (χ3v) is 1.87. The molecule has 0 N–H and O–H groups in total. The van der Waals surface area contributed by atoms with Crippen molar-refractivity contribution in [3.05, 3.63) is 34.3 Å². The van der Waals surface area contributed by atoms with Gasteiger partial charge in [-0.1, -0.05) is 28.1 Å². The molecule has 0 saturated heterocycles. The summed E-state index contributed by atoms with van der Waals surface area (Å²) in [4.78, 5) is 0. The first-order valence-corrected chi connectivity index (χ1v) is 3.83. The van der Waals surface area contributed by atoms with Gasteiger partial charge in [0.2, 0.25) is 0 Å². The van der Waals surface area contributed by atoms with Gasteiger partial charge in [-0.05, 0) is 12.1 Å². The average molecular weight is 253 g/mol. The molecule has 0 aromatic heterocycles. The van der Waals surface area contributed by atoms with Crippen molar-refractivity contribution in [2.24, 2.45) is 0 Å². The maximum Gasteiger partial charge on any atom is 0.417 e. The molecule has 0 aliphatic carbocycles. The highest BCUT2D eigenvalue weighted by atomic mass is 79.9. The fourth-order valence-corrected chi connectivity index (χ4v) is 1.20. The summed E-state index contributed by atoms with van der Waals surface area (Å²) in [5.41, 5.74) is -0.639. The maximum absolute atomic E-state index is 12.0. The zero-order valence-corrected chi connectivity index (χ0v) is 7.80. The van der Waals surface area contributed by atoms with E-state index in [1.54, 1.807) is 6.07 Å². The fraction of sp³-hybridized carbons (Fsp3) is 0.143. The summed E-state index contributed by atoms with van der Waals surface area (Å²) in [6.45, 7) is 0. The van der Waals surface area contributed by atoms with Gasteiger partial charge < -0.3 is 0 Å². The Morgan fingerprint density at radius 2 is 1.54 bits per heavy atom. The first-order valence-electron chi connectivity index (χ1n) is 3.03. The van der Waals surface area contributed by atoms with Crippen LogP contribution in [0.3, 0.4) is 0 Å². The average Bonchev–Trinajstić information content (AvgIpc) is 2.07. The minimum absolute atomic E-state index is 0.0764. The van der Waals surface area contributed by atoms with Crippen LogP contribution >= 0.6 is 15.9 Å². The van der Waals surface area contributed by atoms with E-state index < -0.39 is 11.7 Å². The van der Waals surface area contributed by atoms with Crippen molar-refractivity contribution in [3.63, 3.8) is 0 Å². The van der Waals surface area contributed by atoms with E-state index >= 15 is 0 Å². The van der Waals surface area contributed by atoms with E-state index in [2.05, 4.69) is 15.9 Å².